The first-order chi connectivity index (χ1) is 12.9. The van der Waals surface area contributed by atoms with Crippen molar-refractivity contribution in [2.45, 2.75) is 44.4 Å². The Kier molecular flexibility index (Phi) is 6.34. The number of nitrogens with zero attached hydrogens (tertiary/aromatic N) is 3. The van der Waals surface area contributed by atoms with E-state index in [9.17, 15) is 4.79 Å². The van der Waals surface area contributed by atoms with E-state index >= 15 is 0 Å². The summed E-state index contributed by atoms with van der Waals surface area (Å²) in [5.74, 6) is 1.23. The second-order valence-corrected chi connectivity index (χ2v) is 9.22. The van der Waals surface area contributed by atoms with E-state index in [1.807, 2.05) is 46.7 Å². The summed E-state index contributed by atoms with van der Waals surface area (Å²) in [5.41, 5.74) is 0.874. The van der Waals surface area contributed by atoms with Crippen molar-refractivity contribution in [2.24, 2.45) is 0 Å². The smallest absolute Gasteiger partial charge is 0.233 e. The highest BCUT2D eigenvalue weighted by atomic mass is 32.2. The maximum absolute atomic E-state index is 12.9. The molecule has 0 saturated carbocycles. The number of aromatic nitrogens is 3. The van der Waals surface area contributed by atoms with Crippen LogP contribution in [0, 0.1) is 0 Å². The Balaban J connectivity index is 1.60. The molecule has 0 aliphatic rings. The van der Waals surface area contributed by atoms with Gasteiger partial charge >= 0.3 is 0 Å². The lowest BCUT2D eigenvalue weighted by molar-refractivity contribution is -0.133. The second kappa shape index (κ2) is 8.71. The number of benzene rings is 1. The number of aromatic amines is 1. The first-order valence-corrected chi connectivity index (χ1v) is 10.7. The van der Waals surface area contributed by atoms with E-state index in [0.717, 1.165) is 17.8 Å². The normalized spacial score (nSPS) is 11.5. The summed E-state index contributed by atoms with van der Waals surface area (Å²) >= 11 is 3.07. The fourth-order valence-electron chi connectivity index (χ4n) is 2.67. The van der Waals surface area contributed by atoms with Crippen LogP contribution in [-0.4, -0.2) is 37.3 Å². The van der Waals surface area contributed by atoms with Gasteiger partial charge in [0.1, 0.15) is 5.82 Å². The van der Waals surface area contributed by atoms with E-state index in [-0.39, 0.29) is 11.4 Å². The van der Waals surface area contributed by atoms with Crippen molar-refractivity contribution in [2.75, 3.05) is 5.75 Å². The molecular formula is C20H24N4OS2. The Labute approximate surface area is 168 Å². The standard InChI is InChI=1S/C20H24N4OS2/c1-20(2,3)24(13-15-8-5-4-6-9-15)18(25)14-27-19-21-17(22-23-19)12-16-10-7-11-26-16/h4-11H,12-14H2,1-3H3,(H,21,22,23). The van der Waals surface area contributed by atoms with Crippen LogP contribution in [0.5, 0.6) is 0 Å². The van der Waals surface area contributed by atoms with E-state index < -0.39 is 0 Å². The molecule has 142 valence electrons. The van der Waals surface area contributed by atoms with Gasteiger partial charge in [-0.2, -0.15) is 0 Å². The summed E-state index contributed by atoms with van der Waals surface area (Å²) in [7, 11) is 0. The summed E-state index contributed by atoms with van der Waals surface area (Å²) in [6, 6.07) is 14.2. The molecule has 0 fully saturated rings. The number of nitrogens with one attached hydrogen (secondary N) is 1. The summed E-state index contributed by atoms with van der Waals surface area (Å²) in [4.78, 5) is 20.5. The number of rotatable bonds is 7. The molecule has 2 heterocycles. The lowest BCUT2D eigenvalue weighted by Gasteiger charge is -2.35. The highest BCUT2D eigenvalue weighted by molar-refractivity contribution is 7.99. The van der Waals surface area contributed by atoms with E-state index in [2.05, 4.69) is 42.0 Å². The topological polar surface area (TPSA) is 61.9 Å². The van der Waals surface area contributed by atoms with Crippen LogP contribution in [0.3, 0.4) is 0 Å². The van der Waals surface area contributed by atoms with Gasteiger partial charge < -0.3 is 4.90 Å². The van der Waals surface area contributed by atoms with Gasteiger partial charge in [-0.05, 0) is 37.8 Å². The first kappa shape index (κ1) is 19.6. The largest absolute Gasteiger partial charge is 0.333 e. The van der Waals surface area contributed by atoms with E-state index in [1.165, 1.54) is 16.6 Å². The van der Waals surface area contributed by atoms with Crippen molar-refractivity contribution in [3.8, 4) is 0 Å². The molecule has 1 amide bonds. The number of thiophene rings is 1. The predicted molar refractivity (Wildman–Crippen MR) is 111 cm³/mol. The van der Waals surface area contributed by atoms with Crippen LogP contribution in [0.1, 0.15) is 37.0 Å². The van der Waals surface area contributed by atoms with Gasteiger partial charge in [-0.15, -0.1) is 16.4 Å². The van der Waals surface area contributed by atoms with Crippen LogP contribution in [0.25, 0.3) is 0 Å². The maximum atomic E-state index is 12.9. The van der Waals surface area contributed by atoms with Crippen LogP contribution in [0.2, 0.25) is 0 Å². The molecule has 1 N–H and O–H groups in total. The Morgan fingerprint density at radius 3 is 2.63 bits per heavy atom. The number of thioether (sulfide) groups is 1. The quantitative estimate of drug-likeness (QED) is 0.598. The van der Waals surface area contributed by atoms with Gasteiger partial charge in [-0.1, -0.05) is 48.2 Å². The van der Waals surface area contributed by atoms with Crippen LogP contribution >= 0.6 is 23.1 Å². The molecule has 0 aliphatic heterocycles. The summed E-state index contributed by atoms with van der Waals surface area (Å²) in [6.07, 6.45) is 0.737. The van der Waals surface area contributed by atoms with Gasteiger partial charge in [0.15, 0.2) is 0 Å². The molecular weight excluding hydrogens is 376 g/mol. The molecule has 0 unspecified atom stereocenters. The Bertz CT molecular complexity index is 854. The number of amides is 1. The minimum absolute atomic E-state index is 0.0842. The SMILES string of the molecule is CC(C)(C)N(Cc1ccccc1)C(=O)CSc1n[nH]c(Cc2cccs2)n1. The Hall–Kier alpha value is -2.12. The van der Waals surface area contributed by atoms with Crippen LogP contribution in [0.4, 0.5) is 0 Å². The van der Waals surface area contributed by atoms with Crippen LogP contribution in [0.15, 0.2) is 53.0 Å². The molecule has 27 heavy (non-hydrogen) atoms. The summed E-state index contributed by atoms with van der Waals surface area (Å²) in [5, 5.41) is 9.87. The number of carbonyl (C=O) groups is 1. The molecule has 3 rings (SSSR count). The number of H-pyrrole nitrogens is 1. The average molecular weight is 401 g/mol. The molecule has 0 bridgehead atoms. The summed E-state index contributed by atoms with van der Waals surface area (Å²) in [6.45, 7) is 6.78. The van der Waals surface area contributed by atoms with Gasteiger partial charge in [-0.3, -0.25) is 9.89 Å². The van der Waals surface area contributed by atoms with Gasteiger partial charge in [0.05, 0.1) is 5.75 Å². The lowest BCUT2D eigenvalue weighted by Crippen LogP contribution is -2.45. The molecule has 5 nitrogen and oxygen atoms in total. The zero-order chi connectivity index (χ0) is 19.3. The van der Waals surface area contributed by atoms with Crippen LogP contribution < -0.4 is 0 Å². The minimum Gasteiger partial charge on any atom is -0.333 e. The van der Waals surface area contributed by atoms with Crippen molar-refractivity contribution < 1.29 is 4.79 Å². The monoisotopic (exact) mass is 400 g/mol. The number of hydrogen-bond acceptors (Lipinski definition) is 5. The third-order valence-electron chi connectivity index (χ3n) is 4.05. The molecule has 3 aromatic rings. The van der Waals surface area contributed by atoms with Gasteiger partial charge in [0.2, 0.25) is 11.1 Å². The first-order valence-electron chi connectivity index (χ1n) is 8.82. The molecule has 0 saturated heterocycles. The minimum atomic E-state index is -0.253. The highest BCUT2D eigenvalue weighted by Crippen LogP contribution is 2.21. The zero-order valence-electron chi connectivity index (χ0n) is 15.8. The Morgan fingerprint density at radius 2 is 1.96 bits per heavy atom. The van der Waals surface area contributed by atoms with E-state index in [4.69, 9.17) is 0 Å². The fraction of sp³-hybridized carbons (Fsp3) is 0.350. The van der Waals surface area contributed by atoms with Crippen molar-refractivity contribution in [1.29, 1.82) is 0 Å². The van der Waals surface area contributed by atoms with Crippen molar-refractivity contribution in [3.05, 3.63) is 64.1 Å². The maximum Gasteiger partial charge on any atom is 0.233 e. The van der Waals surface area contributed by atoms with Gasteiger partial charge in [0.25, 0.3) is 0 Å². The predicted octanol–water partition coefficient (Wildman–Crippen LogP) is 4.38. The highest BCUT2D eigenvalue weighted by Gasteiger charge is 2.26. The molecule has 0 radical (unpaired) electrons. The zero-order valence-corrected chi connectivity index (χ0v) is 17.4. The molecule has 0 atom stereocenters. The molecule has 0 spiro atoms. The third kappa shape index (κ3) is 5.68. The molecule has 2 aromatic heterocycles. The van der Waals surface area contributed by atoms with Crippen molar-refractivity contribution in [3.63, 3.8) is 0 Å². The van der Waals surface area contributed by atoms with Gasteiger partial charge in [-0.25, -0.2) is 4.98 Å². The van der Waals surface area contributed by atoms with Gasteiger partial charge in [0, 0.05) is 23.4 Å². The fourth-order valence-corrected chi connectivity index (χ4v) is 4.07. The number of carbonyl (C=O) groups excluding carboxylic acids is 1. The third-order valence-corrected chi connectivity index (χ3v) is 5.76. The molecule has 0 aliphatic carbocycles. The number of hydrogen-bond donors (Lipinski definition) is 1. The molecule has 1 aromatic carbocycles. The second-order valence-electron chi connectivity index (χ2n) is 7.25. The summed E-state index contributed by atoms with van der Waals surface area (Å²) < 4.78 is 0. The molecule has 7 heteroatoms. The van der Waals surface area contributed by atoms with Crippen molar-refractivity contribution >= 4 is 29.0 Å². The van der Waals surface area contributed by atoms with E-state index in [0.29, 0.717) is 17.5 Å². The van der Waals surface area contributed by atoms with Crippen LogP contribution in [-0.2, 0) is 17.8 Å². The van der Waals surface area contributed by atoms with Crippen molar-refractivity contribution in [1.82, 2.24) is 20.1 Å². The Morgan fingerprint density at radius 1 is 1.19 bits per heavy atom. The van der Waals surface area contributed by atoms with E-state index in [1.54, 1.807) is 11.3 Å². The lowest BCUT2D eigenvalue weighted by atomic mass is 10.0. The average Bonchev–Trinajstić information content (AvgIpc) is 3.30.